The lowest BCUT2D eigenvalue weighted by Crippen LogP contribution is -2.43. The molecule has 5 heteroatoms. The molecule has 3 atom stereocenters. The van der Waals surface area contributed by atoms with Crippen LogP contribution in [0.3, 0.4) is 0 Å². The minimum atomic E-state index is -0.351. The Morgan fingerprint density at radius 2 is 2.24 bits per heavy atom. The van der Waals surface area contributed by atoms with Gasteiger partial charge in [0.05, 0.1) is 18.2 Å². The lowest BCUT2D eigenvalue weighted by atomic mass is 9.99. The van der Waals surface area contributed by atoms with Gasteiger partial charge in [0, 0.05) is 7.11 Å². The number of nitrogens with zero attached hydrogens (tertiary/aromatic N) is 1. The van der Waals surface area contributed by atoms with Crippen LogP contribution in [0.2, 0.25) is 0 Å². The van der Waals surface area contributed by atoms with Gasteiger partial charge in [-0.1, -0.05) is 20.3 Å². The van der Waals surface area contributed by atoms with Crippen LogP contribution in [-0.4, -0.2) is 36.1 Å². The first kappa shape index (κ1) is 16.5. The topological polar surface area (TPSA) is 41.6 Å². The van der Waals surface area contributed by atoms with E-state index >= 15 is 0 Å². The van der Waals surface area contributed by atoms with E-state index in [4.69, 9.17) is 4.74 Å². The van der Waals surface area contributed by atoms with E-state index in [9.17, 15) is 4.79 Å². The van der Waals surface area contributed by atoms with Crippen molar-refractivity contribution in [3.63, 3.8) is 0 Å². The zero-order valence-corrected chi connectivity index (χ0v) is 14.4. The van der Waals surface area contributed by atoms with Gasteiger partial charge in [0.15, 0.2) is 0 Å². The first-order valence-electron chi connectivity index (χ1n) is 7.53. The number of amides is 1. The van der Waals surface area contributed by atoms with Gasteiger partial charge in [-0.3, -0.25) is 10.1 Å². The fourth-order valence-corrected chi connectivity index (χ4v) is 3.31. The fourth-order valence-electron chi connectivity index (χ4n) is 2.63. The maximum absolute atomic E-state index is 12.8. The fraction of sp³-hybridized carbons (Fsp3) is 0.688. The predicted molar refractivity (Wildman–Crippen MR) is 86.2 cm³/mol. The monoisotopic (exact) mass is 310 g/mol. The van der Waals surface area contributed by atoms with E-state index in [0.29, 0.717) is 12.5 Å². The smallest absolute Gasteiger partial charge is 0.241 e. The number of hydrogen-bond acceptors (Lipinski definition) is 4. The Kier molecular flexibility index (Phi) is 5.07. The summed E-state index contributed by atoms with van der Waals surface area (Å²) in [6.45, 7) is 8.87. The maximum Gasteiger partial charge on any atom is 0.241 e. The molecule has 3 unspecified atom stereocenters. The molecule has 1 aromatic heterocycles. The van der Waals surface area contributed by atoms with E-state index in [2.05, 4.69) is 36.0 Å². The van der Waals surface area contributed by atoms with Crippen molar-refractivity contribution in [2.75, 3.05) is 13.7 Å². The van der Waals surface area contributed by atoms with Gasteiger partial charge < -0.3 is 9.64 Å². The number of nitrogens with one attached hydrogen (secondary N) is 1. The Labute approximate surface area is 131 Å². The van der Waals surface area contributed by atoms with E-state index in [-0.39, 0.29) is 23.7 Å². The average molecular weight is 310 g/mol. The van der Waals surface area contributed by atoms with Gasteiger partial charge in [-0.25, -0.2) is 0 Å². The Morgan fingerprint density at radius 3 is 2.76 bits per heavy atom. The minimum absolute atomic E-state index is 0.0443. The SMILES string of the molecule is CCC(C)C1NC(c2ccsc2)N(CC(C)(C)OC)C1=O. The third-order valence-electron chi connectivity index (χ3n) is 4.37. The summed E-state index contributed by atoms with van der Waals surface area (Å²) in [5.74, 6) is 0.514. The predicted octanol–water partition coefficient (Wildman–Crippen LogP) is 3.02. The summed E-state index contributed by atoms with van der Waals surface area (Å²) in [5, 5.41) is 7.68. The Bertz CT molecular complexity index is 473. The second kappa shape index (κ2) is 6.46. The summed E-state index contributed by atoms with van der Waals surface area (Å²) < 4.78 is 5.52. The van der Waals surface area contributed by atoms with Crippen LogP contribution in [0.15, 0.2) is 16.8 Å². The normalized spacial score (nSPS) is 24.6. The highest BCUT2D eigenvalue weighted by Gasteiger charge is 2.43. The molecule has 2 heterocycles. The van der Waals surface area contributed by atoms with E-state index in [1.54, 1.807) is 18.4 Å². The molecule has 1 aromatic rings. The van der Waals surface area contributed by atoms with Crippen LogP contribution in [0, 0.1) is 5.92 Å². The van der Waals surface area contributed by atoms with Gasteiger partial charge in [-0.15, -0.1) is 0 Å². The third-order valence-corrected chi connectivity index (χ3v) is 5.08. The van der Waals surface area contributed by atoms with E-state index < -0.39 is 0 Å². The first-order valence-corrected chi connectivity index (χ1v) is 8.47. The molecule has 1 N–H and O–H groups in total. The van der Waals surface area contributed by atoms with Gasteiger partial charge in [-0.05, 0) is 42.2 Å². The number of thiophene rings is 1. The van der Waals surface area contributed by atoms with Crippen molar-refractivity contribution in [3.8, 4) is 0 Å². The van der Waals surface area contributed by atoms with E-state index in [1.807, 2.05) is 18.7 Å². The molecule has 0 saturated carbocycles. The second-order valence-corrected chi connectivity index (χ2v) is 7.20. The number of hydrogen-bond donors (Lipinski definition) is 1. The lowest BCUT2D eigenvalue weighted by Gasteiger charge is -2.32. The van der Waals surface area contributed by atoms with Crippen molar-refractivity contribution in [1.29, 1.82) is 0 Å². The quantitative estimate of drug-likeness (QED) is 0.878. The highest BCUT2D eigenvalue weighted by Crippen LogP contribution is 2.31. The van der Waals surface area contributed by atoms with E-state index in [0.717, 1.165) is 12.0 Å². The van der Waals surface area contributed by atoms with Gasteiger partial charge in [0.25, 0.3) is 0 Å². The van der Waals surface area contributed by atoms with Gasteiger partial charge in [-0.2, -0.15) is 11.3 Å². The molecule has 0 aromatic carbocycles. The van der Waals surface area contributed by atoms with Crippen molar-refractivity contribution in [1.82, 2.24) is 10.2 Å². The maximum atomic E-state index is 12.8. The van der Waals surface area contributed by atoms with Crippen LogP contribution in [0.5, 0.6) is 0 Å². The number of methoxy groups -OCH3 is 1. The molecule has 21 heavy (non-hydrogen) atoms. The van der Waals surface area contributed by atoms with Crippen LogP contribution in [0.25, 0.3) is 0 Å². The molecule has 1 saturated heterocycles. The van der Waals surface area contributed by atoms with Crippen molar-refractivity contribution < 1.29 is 9.53 Å². The lowest BCUT2D eigenvalue weighted by molar-refractivity contribution is -0.134. The summed E-state index contributed by atoms with van der Waals surface area (Å²) in [7, 11) is 1.69. The van der Waals surface area contributed by atoms with Crippen LogP contribution in [-0.2, 0) is 9.53 Å². The standard InChI is InChI=1S/C16H26N2O2S/c1-6-11(2)13-15(19)18(10-16(3,4)20-5)14(17-13)12-7-8-21-9-12/h7-9,11,13-14,17H,6,10H2,1-5H3. The molecule has 0 aliphatic carbocycles. The molecule has 1 aliphatic heterocycles. The summed E-state index contributed by atoms with van der Waals surface area (Å²) in [4.78, 5) is 14.7. The molecule has 1 fully saturated rings. The molecule has 0 spiro atoms. The molecular formula is C16H26N2O2S. The molecule has 0 bridgehead atoms. The molecular weight excluding hydrogens is 284 g/mol. The molecule has 4 nitrogen and oxygen atoms in total. The zero-order chi connectivity index (χ0) is 15.6. The summed E-state index contributed by atoms with van der Waals surface area (Å²) in [6, 6.07) is 1.98. The molecule has 118 valence electrons. The van der Waals surface area contributed by atoms with Gasteiger partial charge in [0.2, 0.25) is 5.91 Å². The summed E-state index contributed by atoms with van der Waals surface area (Å²) in [5.41, 5.74) is 0.807. The van der Waals surface area contributed by atoms with Crippen LogP contribution in [0.4, 0.5) is 0 Å². The van der Waals surface area contributed by atoms with Crippen LogP contribution < -0.4 is 5.32 Å². The largest absolute Gasteiger partial charge is 0.377 e. The summed E-state index contributed by atoms with van der Waals surface area (Å²) in [6.07, 6.45) is 0.943. The van der Waals surface area contributed by atoms with Crippen molar-refractivity contribution in [2.24, 2.45) is 5.92 Å². The molecule has 1 amide bonds. The number of carbonyl (C=O) groups excluding carboxylic acids is 1. The van der Waals surface area contributed by atoms with Crippen molar-refractivity contribution in [3.05, 3.63) is 22.4 Å². The second-order valence-electron chi connectivity index (χ2n) is 6.42. The van der Waals surface area contributed by atoms with E-state index in [1.165, 1.54) is 0 Å². The minimum Gasteiger partial charge on any atom is -0.377 e. The van der Waals surface area contributed by atoms with Crippen LogP contribution in [0.1, 0.15) is 45.8 Å². The number of carbonyl (C=O) groups is 1. The van der Waals surface area contributed by atoms with Crippen molar-refractivity contribution >= 4 is 17.2 Å². The van der Waals surface area contributed by atoms with Crippen molar-refractivity contribution in [2.45, 2.75) is 51.9 Å². The molecule has 2 rings (SSSR count). The number of rotatable bonds is 6. The highest BCUT2D eigenvalue weighted by atomic mass is 32.1. The van der Waals surface area contributed by atoms with Crippen LogP contribution >= 0.6 is 11.3 Å². The highest BCUT2D eigenvalue weighted by molar-refractivity contribution is 7.07. The Hall–Kier alpha value is -0.910. The zero-order valence-electron chi connectivity index (χ0n) is 13.6. The number of ether oxygens (including phenoxy) is 1. The molecule has 0 radical (unpaired) electrons. The Balaban J connectivity index is 2.26. The van der Waals surface area contributed by atoms with Gasteiger partial charge in [0.1, 0.15) is 6.17 Å². The van der Waals surface area contributed by atoms with Gasteiger partial charge >= 0.3 is 0 Å². The average Bonchev–Trinajstić information content (AvgIpc) is 3.08. The summed E-state index contributed by atoms with van der Waals surface area (Å²) >= 11 is 1.66. The molecule has 1 aliphatic rings. The first-order chi connectivity index (χ1) is 9.89. The third kappa shape index (κ3) is 3.47. The Morgan fingerprint density at radius 1 is 1.52 bits per heavy atom.